The number of primary amides is 1. The molecule has 0 radical (unpaired) electrons. The van der Waals surface area contributed by atoms with Gasteiger partial charge in [0.1, 0.15) is 5.75 Å². The number of nitrogens with two attached hydrogens (primary N) is 2. The van der Waals surface area contributed by atoms with Crippen LogP contribution in [0.15, 0.2) is 18.3 Å². The summed E-state index contributed by atoms with van der Waals surface area (Å²) in [4.78, 5) is 14.7. The third kappa shape index (κ3) is 2.70. The summed E-state index contributed by atoms with van der Waals surface area (Å²) in [7, 11) is 0. The van der Waals surface area contributed by atoms with Crippen LogP contribution in [0.4, 0.5) is 0 Å². The molecule has 5 heteroatoms. The molecule has 5 nitrogen and oxygen atoms in total. The average molecular weight is 195 g/mol. The Bertz CT molecular complexity index is 310. The lowest BCUT2D eigenvalue weighted by molar-refractivity contribution is -0.123. The van der Waals surface area contributed by atoms with Crippen LogP contribution in [0.1, 0.15) is 12.6 Å². The summed E-state index contributed by atoms with van der Waals surface area (Å²) in [6.45, 7) is 1.96. The summed E-state index contributed by atoms with van der Waals surface area (Å²) in [5.74, 6) is 0.00130. The van der Waals surface area contributed by atoms with E-state index in [0.717, 1.165) is 5.69 Å². The maximum Gasteiger partial charge on any atom is 0.258 e. The van der Waals surface area contributed by atoms with E-state index in [0.29, 0.717) is 12.3 Å². The van der Waals surface area contributed by atoms with Crippen LogP contribution in [0, 0.1) is 0 Å². The monoisotopic (exact) mass is 195 g/mol. The number of nitrogens with zero attached hydrogens (tertiary/aromatic N) is 1. The van der Waals surface area contributed by atoms with Gasteiger partial charge in [-0.25, -0.2) is 0 Å². The zero-order valence-corrected chi connectivity index (χ0v) is 7.93. The molecule has 0 aromatic carbocycles. The van der Waals surface area contributed by atoms with Crippen molar-refractivity contribution in [2.45, 2.75) is 19.6 Å². The van der Waals surface area contributed by atoms with E-state index < -0.39 is 12.0 Å². The second kappa shape index (κ2) is 4.57. The van der Waals surface area contributed by atoms with E-state index in [-0.39, 0.29) is 0 Å². The average Bonchev–Trinajstić information content (AvgIpc) is 2.19. The van der Waals surface area contributed by atoms with E-state index in [4.69, 9.17) is 16.2 Å². The molecule has 76 valence electrons. The van der Waals surface area contributed by atoms with Crippen LogP contribution in [0.3, 0.4) is 0 Å². The molecule has 0 aliphatic rings. The lowest BCUT2D eigenvalue weighted by atomic mass is 10.3. The fraction of sp³-hybridized carbons (Fsp3) is 0.333. The molecule has 0 saturated heterocycles. The minimum absolute atomic E-state index is 0.381. The molecular formula is C9H13N3O2. The summed E-state index contributed by atoms with van der Waals surface area (Å²) in [5, 5.41) is 0. The Morgan fingerprint density at radius 1 is 1.64 bits per heavy atom. The van der Waals surface area contributed by atoms with Gasteiger partial charge in [-0.2, -0.15) is 0 Å². The number of hydrogen-bond acceptors (Lipinski definition) is 4. The van der Waals surface area contributed by atoms with Crippen molar-refractivity contribution in [2.75, 3.05) is 0 Å². The van der Waals surface area contributed by atoms with Gasteiger partial charge in [0.2, 0.25) is 0 Å². The summed E-state index contributed by atoms with van der Waals surface area (Å²) < 4.78 is 5.20. The number of carbonyl (C=O) groups is 1. The van der Waals surface area contributed by atoms with E-state index in [2.05, 4.69) is 4.98 Å². The molecule has 1 rings (SSSR count). The molecule has 1 aromatic heterocycles. The van der Waals surface area contributed by atoms with Crippen molar-refractivity contribution in [1.29, 1.82) is 0 Å². The quantitative estimate of drug-likeness (QED) is 0.695. The summed E-state index contributed by atoms with van der Waals surface area (Å²) in [6.07, 6.45) is 0.863. The van der Waals surface area contributed by atoms with Crippen LogP contribution in [0.25, 0.3) is 0 Å². The smallest absolute Gasteiger partial charge is 0.258 e. The standard InChI is InChI=1S/C9H13N3O2/c1-6(9(11)13)14-8-3-2-7(4-10)12-5-8/h2-3,5-6H,4,10H2,1H3,(H2,11,13). The minimum Gasteiger partial charge on any atom is -0.479 e. The van der Waals surface area contributed by atoms with Crippen LogP contribution < -0.4 is 16.2 Å². The van der Waals surface area contributed by atoms with Gasteiger partial charge in [0, 0.05) is 6.54 Å². The molecule has 4 N–H and O–H groups in total. The third-order valence-corrected chi connectivity index (χ3v) is 1.72. The van der Waals surface area contributed by atoms with E-state index >= 15 is 0 Å². The summed E-state index contributed by atoms with van der Waals surface area (Å²) >= 11 is 0. The van der Waals surface area contributed by atoms with Gasteiger partial charge >= 0.3 is 0 Å². The van der Waals surface area contributed by atoms with Crippen molar-refractivity contribution >= 4 is 5.91 Å². The van der Waals surface area contributed by atoms with Crippen LogP contribution in [-0.4, -0.2) is 17.0 Å². The van der Waals surface area contributed by atoms with Crippen LogP contribution in [0.5, 0.6) is 5.75 Å². The minimum atomic E-state index is -0.652. The lowest BCUT2D eigenvalue weighted by Gasteiger charge is -2.10. The third-order valence-electron chi connectivity index (χ3n) is 1.72. The highest BCUT2D eigenvalue weighted by molar-refractivity contribution is 5.78. The fourth-order valence-electron chi connectivity index (χ4n) is 0.864. The Labute approximate surface area is 82.1 Å². The molecule has 0 aliphatic carbocycles. The van der Waals surface area contributed by atoms with E-state index in [1.165, 1.54) is 6.20 Å². The Balaban J connectivity index is 2.64. The molecule has 0 spiro atoms. The topological polar surface area (TPSA) is 91.2 Å². The molecule has 0 bridgehead atoms. The van der Waals surface area contributed by atoms with Crippen molar-refractivity contribution in [3.8, 4) is 5.75 Å². The first-order chi connectivity index (χ1) is 6.63. The lowest BCUT2D eigenvalue weighted by Crippen LogP contribution is -2.30. The van der Waals surface area contributed by atoms with Crippen molar-refractivity contribution in [2.24, 2.45) is 11.5 Å². The zero-order valence-electron chi connectivity index (χ0n) is 7.93. The van der Waals surface area contributed by atoms with Gasteiger partial charge < -0.3 is 16.2 Å². The van der Waals surface area contributed by atoms with Crippen molar-refractivity contribution < 1.29 is 9.53 Å². The van der Waals surface area contributed by atoms with Gasteiger partial charge in [-0.3, -0.25) is 9.78 Å². The van der Waals surface area contributed by atoms with Crippen molar-refractivity contribution in [3.05, 3.63) is 24.0 Å². The van der Waals surface area contributed by atoms with E-state index in [9.17, 15) is 4.79 Å². The number of aromatic nitrogens is 1. The number of carbonyl (C=O) groups excluding carboxylic acids is 1. The van der Waals surface area contributed by atoms with Gasteiger partial charge in [-0.1, -0.05) is 0 Å². The number of rotatable bonds is 4. The number of amides is 1. The molecule has 14 heavy (non-hydrogen) atoms. The van der Waals surface area contributed by atoms with Gasteiger partial charge in [0.05, 0.1) is 11.9 Å². The van der Waals surface area contributed by atoms with Crippen LogP contribution in [-0.2, 0) is 11.3 Å². The molecule has 0 aliphatic heterocycles. The normalized spacial score (nSPS) is 12.1. The highest BCUT2D eigenvalue weighted by Crippen LogP contribution is 2.10. The molecule has 1 atom stereocenters. The van der Waals surface area contributed by atoms with Gasteiger partial charge in [0.15, 0.2) is 6.10 Å². The molecule has 0 saturated carbocycles. The number of ether oxygens (including phenoxy) is 1. The SMILES string of the molecule is CC(Oc1ccc(CN)nc1)C(N)=O. The maximum absolute atomic E-state index is 10.7. The Kier molecular flexibility index (Phi) is 3.41. The van der Waals surface area contributed by atoms with Gasteiger partial charge in [-0.05, 0) is 19.1 Å². The first-order valence-corrected chi connectivity index (χ1v) is 4.24. The highest BCUT2D eigenvalue weighted by Gasteiger charge is 2.09. The van der Waals surface area contributed by atoms with Gasteiger partial charge in [-0.15, -0.1) is 0 Å². The number of pyridine rings is 1. The van der Waals surface area contributed by atoms with Crippen LogP contribution in [0.2, 0.25) is 0 Å². The van der Waals surface area contributed by atoms with E-state index in [1.54, 1.807) is 19.1 Å². The highest BCUT2D eigenvalue weighted by atomic mass is 16.5. The Morgan fingerprint density at radius 3 is 2.79 bits per heavy atom. The predicted molar refractivity (Wildman–Crippen MR) is 51.4 cm³/mol. The van der Waals surface area contributed by atoms with Crippen molar-refractivity contribution in [3.63, 3.8) is 0 Å². The zero-order chi connectivity index (χ0) is 10.6. The molecule has 1 unspecified atom stereocenters. The first kappa shape index (κ1) is 10.5. The Morgan fingerprint density at radius 2 is 2.36 bits per heavy atom. The van der Waals surface area contributed by atoms with Crippen molar-refractivity contribution in [1.82, 2.24) is 4.98 Å². The Hall–Kier alpha value is -1.62. The largest absolute Gasteiger partial charge is 0.479 e. The predicted octanol–water partition coefficient (Wildman–Crippen LogP) is -0.207. The molecule has 0 fully saturated rings. The molecular weight excluding hydrogens is 182 g/mol. The van der Waals surface area contributed by atoms with Crippen LogP contribution >= 0.6 is 0 Å². The fourth-order valence-corrected chi connectivity index (χ4v) is 0.864. The first-order valence-electron chi connectivity index (χ1n) is 4.24. The molecule has 1 aromatic rings. The molecule has 1 heterocycles. The second-order valence-electron chi connectivity index (χ2n) is 2.85. The van der Waals surface area contributed by atoms with E-state index in [1.807, 2.05) is 0 Å². The summed E-state index contributed by atoms with van der Waals surface area (Å²) in [6, 6.07) is 3.44. The summed E-state index contributed by atoms with van der Waals surface area (Å²) in [5.41, 5.74) is 11.2. The second-order valence-corrected chi connectivity index (χ2v) is 2.85. The molecule has 1 amide bonds. The van der Waals surface area contributed by atoms with Gasteiger partial charge in [0.25, 0.3) is 5.91 Å². The number of hydrogen-bond donors (Lipinski definition) is 2. The maximum atomic E-state index is 10.7.